The third-order valence-corrected chi connectivity index (χ3v) is 2.46. The van der Waals surface area contributed by atoms with Crippen molar-refractivity contribution in [2.24, 2.45) is 0 Å². The Labute approximate surface area is 116 Å². The molecule has 1 rings (SSSR count). The van der Waals surface area contributed by atoms with E-state index >= 15 is 0 Å². The quantitative estimate of drug-likeness (QED) is 0.582. The first kappa shape index (κ1) is 15.6. The molecule has 0 aliphatic heterocycles. The fourth-order valence-corrected chi connectivity index (χ4v) is 1.40. The molecule has 0 aliphatic carbocycles. The second-order valence-electron chi connectivity index (χ2n) is 3.74. The smallest absolute Gasteiger partial charge is 0.337 e. The van der Waals surface area contributed by atoms with Crippen molar-refractivity contribution in [2.75, 3.05) is 27.9 Å². The molecule has 6 heteroatoms. The molecule has 0 spiro atoms. The molecule has 0 bridgehead atoms. The van der Waals surface area contributed by atoms with Crippen molar-refractivity contribution in [1.29, 1.82) is 0 Å². The van der Waals surface area contributed by atoms with Gasteiger partial charge in [0.2, 0.25) is 0 Å². The minimum atomic E-state index is -0.562. The van der Waals surface area contributed by atoms with E-state index in [1.807, 2.05) is 0 Å². The zero-order valence-electron chi connectivity index (χ0n) is 11.6. The van der Waals surface area contributed by atoms with E-state index in [4.69, 9.17) is 9.47 Å². The maximum Gasteiger partial charge on any atom is 0.337 e. The fourth-order valence-electron chi connectivity index (χ4n) is 1.40. The SMILES string of the molecule is C=C(COc1cc(C(=O)OC)ccc1OC)C(=O)OC. The summed E-state index contributed by atoms with van der Waals surface area (Å²) in [5.74, 6) is -0.326. The van der Waals surface area contributed by atoms with Gasteiger partial charge in [0.25, 0.3) is 0 Å². The molecule has 6 nitrogen and oxygen atoms in total. The molecular formula is C14H16O6. The third kappa shape index (κ3) is 3.74. The lowest BCUT2D eigenvalue weighted by Gasteiger charge is -2.12. The molecule has 1 aromatic rings. The van der Waals surface area contributed by atoms with Crippen molar-refractivity contribution < 1.29 is 28.5 Å². The molecule has 0 N–H and O–H groups in total. The molecule has 0 amide bonds. The van der Waals surface area contributed by atoms with E-state index in [9.17, 15) is 9.59 Å². The van der Waals surface area contributed by atoms with Crippen LogP contribution < -0.4 is 9.47 Å². The molecule has 1 aromatic carbocycles. The van der Waals surface area contributed by atoms with Crippen LogP contribution in [0.1, 0.15) is 10.4 Å². The number of carbonyl (C=O) groups excluding carboxylic acids is 2. The maximum atomic E-state index is 11.4. The lowest BCUT2D eigenvalue weighted by molar-refractivity contribution is -0.136. The van der Waals surface area contributed by atoms with Gasteiger partial charge in [0.05, 0.1) is 32.5 Å². The molecule has 0 aliphatic rings. The summed E-state index contributed by atoms with van der Waals surface area (Å²) in [6.07, 6.45) is 0. The molecule has 0 saturated carbocycles. The van der Waals surface area contributed by atoms with Crippen molar-refractivity contribution in [2.45, 2.75) is 0 Å². The van der Waals surface area contributed by atoms with E-state index in [2.05, 4.69) is 16.1 Å². The first-order valence-corrected chi connectivity index (χ1v) is 5.68. The highest BCUT2D eigenvalue weighted by Gasteiger charge is 2.13. The van der Waals surface area contributed by atoms with Gasteiger partial charge < -0.3 is 18.9 Å². The Hall–Kier alpha value is -2.50. The van der Waals surface area contributed by atoms with Crippen molar-refractivity contribution in [3.8, 4) is 11.5 Å². The number of benzene rings is 1. The summed E-state index contributed by atoms with van der Waals surface area (Å²) in [4.78, 5) is 22.6. The van der Waals surface area contributed by atoms with Gasteiger partial charge in [-0.1, -0.05) is 6.58 Å². The zero-order chi connectivity index (χ0) is 15.1. The third-order valence-electron chi connectivity index (χ3n) is 2.46. The summed E-state index contributed by atoms with van der Waals surface area (Å²) in [7, 11) is 4.01. The molecule has 0 aromatic heterocycles. The first-order valence-electron chi connectivity index (χ1n) is 5.68. The Morgan fingerprint density at radius 3 is 2.35 bits per heavy atom. The lowest BCUT2D eigenvalue weighted by atomic mass is 10.2. The average Bonchev–Trinajstić information content (AvgIpc) is 2.50. The van der Waals surface area contributed by atoms with Gasteiger partial charge in [-0.25, -0.2) is 9.59 Å². The zero-order valence-corrected chi connectivity index (χ0v) is 11.6. The van der Waals surface area contributed by atoms with Crippen LogP contribution in [0.5, 0.6) is 11.5 Å². The molecule has 108 valence electrons. The van der Waals surface area contributed by atoms with E-state index in [0.717, 1.165) is 0 Å². The predicted molar refractivity (Wildman–Crippen MR) is 71.0 cm³/mol. The summed E-state index contributed by atoms with van der Waals surface area (Å²) >= 11 is 0. The number of rotatable bonds is 6. The van der Waals surface area contributed by atoms with E-state index in [1.54, 1.807) is 12.1 Å². The molecule has 0 fully saturated rings. The van der Waals surface area contributed by atoms with Crippen LogP contribution in [0.2, 0.25) is 0 Å². The van der Waals surface area contributed by atoms with E-state index < -0.39 is 11.9 Å². The van der Waals surface area contributed by atoms with Gasteiger partial charge in [-0.2, -0.15) is 0 Å². The predicted octanol–water partition coefficient (Wildman–Crippen LogP) is 1.59. The monoisotopic (exact) mass is 280 g/mol. The van der Waals surface area contributed by atoms with E-state index in [1.165, 1.54) is 27.4 Å². The van der Waals surface area contributed by atoms with Crippen molar-refractivity contribution in [3.05, 3.63) is 35.9 Å². The van der Waals surface area contributed by atoms with Crippen LogP contribution in [0.15, 0.2) is 30.4 Å². The maximum absolute atomic E-state index is 11.4. The van der Waals surface area contributed by atoms with Crippen LogP contribution in [0.4, 0.5) is 0 Å². The molecule has 0 saturated heterocycles. The molecule has 0 atom stereocenters. The van der Waals surface area contributed by atoms with Gasteiger partial charge >= 0.3 is 11.9 Å². The fraction of sp³-hybridized carbons (Fsp3) is 0.286. The number of methoxy groups -OCH3 is 3. The Morgan fingerprint density at radius 2 is 1.80 bits per heavy atom. The summed E-state index contributed by atoms with van der Waals surface area (Å²) in [6, 6.07) is 4.59. The van der Waals surface area contributed by atoms with Crippen LogP contribution in [0.25, 0.3) is 0 Å². The topological polar surface area (TPSA) is 71.1 Å². The highest BCUT2D eigenvalue weighted by molar-refractivity contribution is 5.90. The lowest BCUT2D eigenvalue weighted by Crippen LogP contribution is -2.12. The van der Waals surface area contributed by atoms with Crippen molar-refractivity contribution in [1.82, 2.24) is 0 Å². The summed E-state index contributed by atoms with van der Waals surface area (Å²) in [5, 5.41) is 0. The average molecular weight is 280 g/mol. The minimum Gasteiger partial charge on any atom is -0.493 e. The second kappa shape index (κ2) is 7.18. The number of ether oxygens (including phenoxy) is 4. The molecule has 0 unspecified atom stereocenters. The first-order chi connectivity index (χ1) is 9.53. The van der Waals surface area contributed by atoms with Crippen LogP contribution in [-0.4, -0.2) is 39.9 Å². The van der Waals surface area contributed by atoms with Crippen LogP contribution in [0, 0.1) is 0 Å². The van der Waals surface area contributed by atoms with Gasteiger partial charge in [-0.3, -0.25) is 0 Å². The molecule has 0 heterocycles. The number of hydrogen-bond donors (Lipinski definition) is 0. The molecule has 0 radical (unpaired) electrons. The second-order valence-corrected chi connectivity index (χ2v) is 3.74. The van der Waals surface area contributed by atoms with Gasteiger partial charge in [0.1, 0.15) is 6.61 Å². The summed E-state index contributed by atoms with van der Waals surface area (Å²) in [5.41, 5.74) is 0.463. The van der Waals surface area contributed by atoms with Crippen LogP contribution in [0.3, 0.4) is 0 Å². The van der Waals surface area contributed by atoms with Gasteiger partial charge in [-0.05, 0) is 18.2 Å². The Morgan fingerprint density at radius 1 is 1.10 bits per heavy atom. The van der Waals surface area contributed by atoms with Crippen LogP contribution in [-0.2, 0) is 14.3 Å². The molecular weight excluding hydrogens is 264 g/mol. The Balaban J connectivity index is 2.89. The van der Waals surface area contributed by atoms with E-state index in [0.29, 0.717) is 17.1 Å². The van der Waals surface area contributed by atoms with Crippen molar-refractivity contribution >= 4 is 11.9 Å². The highest BCUT2D eigenvalue weighted by atomic mass is 16.5. The van der Waals surface area contributed by atoms with Gasteiger partial charge in [-0.15, -0.1) is 0 Å². The minimum absolute atomic E-state index is 0.0757. The summed E-state index contributed by atoms with van der Waals surface area (Å²) < 4.78 is 19.7. The summed E-state index contributed by atoms with van der Waals surface area (Å²) in [6.45, 7) is 3.46. The normalized spacial score (nSPS) is 9.55. The van der Waals surface area contributed by atoms with Gasteiger partial charge in [0, 0.05) is 0 Å². The highest BCUT2D eigenvalue weighted by Crippen LogP contribution is 2.28. The Kier molecular flexibility index (Phi) is 5.58. The van der Waals surface area contributed by atoms with Gasteiger partial charge in [0.15, 0.2) is 11.5 Å². The largest absolute Gasteiger partial charge is 0.493 e. The van der Waals surface area contributed by atoms with Crippen molar-refractivity contribution in [3.63, 3.8) is 0 Å². The number of hydrogen-bond acceptors (Lipinski definition) is 6. The number of esters is 2. The molecule has 20 heavy (non-hydrogen) atoms. The van der Waals surface area contributed by atoms with Crippen LogP contribution >= 0.6 is 0 Å². The number of carbonyl (C=O) groups is 2. The standard InChI is InChI=1S/C14H16O6/c1-9(13(15)18-3)8-20-12-7-10(14(16)19-4)5-6-11(12)17-2/h5-7H,1,8H2,2-4H3. The van der Waals surface area contributed by atoms with E-state index in [-0.39, 0.29) is 12.2 Å². The Bertz CT molecular complexity index is 520.